The van der Waals surface area contributed by atoms with Crippen LogP contribution in [0, 0.1) is 18.6 Å². The number of carbonyl (C=O) groups is 1. The van der Waals surface area contributed by atoms with Gasteiger partial charge >= 0.3 is 5.97 Å². The van der Waals surface area contributed by atoms with Crippen LogP contribution in [-0.2, 0) is 0 Å². The molecule has 0 bridgehead atoms. The van der Waals surface area contributed by atoms with Crippen molar-refractivity contribution in [2.75, 3.05) is 0 Å². The van der Waals surface area contributed by atoms with Crippen molar-refractivity contribution in [3.8, 4) is 5.75 Å². The first-order chi connectivity index (χ1) is 9.38. The summed E-state index contributed by atoms with van der Waals surface area (Å²) in [6.07, 6.45) is 0. The fourth-order valence-electron chi connectivity index (χ4n) is 1.62. The van der Waals surface area contributed by atoms with Crippen LogP contribution in [0.5, 0.6) is 5.75 Å². The first kappa shape index (κ1) is 14.9. The van der Waals surface area contributed by atoms with E-state index in [2.05, 4.69) is 15.9 Å². The van der Waals surface area contributed by atoms with Crippen molar-refractivity contribution >= 4 is 33.5 Å². The first-order valence-corrected chi connectivity index (χ1v) is 6.68. The second-order valence-corrected chi connectivity index (χ2v) is 5.37. The highest BCUT2D eigenvalue weighted by Gasteiger charge is 2.17. The number of benzene rings is 2. The molecule has 0 saturated heterocycles. The van der Waals surface area contributed by atoms with Crippen molar-refractivity contribution in [2.24, 2.45) is 0 Å². The molecule has 0 unspecified atom stereocenters. The van der Waals surface area contributed by atoms with Crippen LogP contribution in [0.25, 0.3) is 0 Å². The van der Waals surface area contributed by atoms with Crippen LogP contribution >= 0.6 is 27.5 Å². The van der Waals surface area contributed by atoms with E-state index in [1.165, 1.54) is 0 Å². The Balaban J connectivity index is 2.33. The summed E-state index contributed by atoms with van der Waals surface area (Å²) >= 11 is 9.22. The van der Waals surface area contributed by atoms with Crippen LogP contribution in [-0.4, -0.2) is 5.97 Å². The zero-order chi connectivity index (χ0) is 14.9. The van der Waals surface area contributed by atoms with E-state index in [0.29, 0.717) is 11.6 Å². The second-order valence-electron chi connectivity index (χ2n) is 4.05. The Hall–Kier alpha value is -1.46. The van der Waals surface area contributed by atoms with Crippen LogP contribution in [0.3, 0.4) is 0 Å². The molecule has 2 aromatic carbocycles. The lowest BCUT2D eigenvalue weighted by Gasteiger charge is -2.10. The van der Waals surface area contributed by atoms with Gasteiger partial charge in [0.1, 0.15) is 11.6 Å². The Morgan fingerprint density at radius 3 is 2.55 bits per heavy atom. The number of hydrogen-bond donors (Lipinski definition) is 0. The van der Waals surface area contributed by atoms with Gasteiger partial charge in [0.2, 0.25) is 0 Å². The molecule has 0 aliphatic rings. The molecule has 0 spiro atoms. The minimum Gasteiger partial charge on any atom is -0.421 e. The number of esters is 1. The van der Waals surface area contributed by atoms with Gasteiger partial charge in [-0.25, -0.2) is 13.6 Å². The van der Waals surface area contributed by atoms with Crippen LogP contribution in [0.15, 0.2) is 34.8 Å². The van der Waals surface area contributed by atoms with Crippen molar-refractivity contribution < 1.29 is 18.3 Å². The summed E-state index contributed by atoms with van der Waals surface area (Å²) in [4.78, 5) is 11.9. The lowest BCUT2D eigenvalue weighted by molar-refractivity contribution is 0.0728. The third-order valence-electron chi connectivity index (χ3n) is 2.54. The van der Waals surface area contributed by atoms with Gasteiger partial charge < -0.3 is 4.74 Å². The lowest BCUT2D eigenvalue weighted by atomic mass is 10.2. The normalized spacial score (nSPS) is 10.4. The van der Waals surface area contributed by atoms with Gasteiger partial charge in [-0.1, -0.05) is 27.5 Å². The van der Waals surface area contributed by atoms with Gasteiger partial charge in [-0.3, -0.25) is 0 Å². The van der Waals surface area contributed by atoms with Crippen LogP contribution in [0.4, 0.5) is 8.78 Å². The highest BCUT2D eigenvalue weighted by molar-refractivity contribution is 9.10. The Morgan fingerprint density at radius 2 is 1.95 bits per heavy atom. The first-order valence-electron chi connectivity index (χ1n) is 5.51. The van der Waals surface area contributed by atoms with Crippen molar-refractivity contribution in [2.45, 2.75) is 6.92 Å². The molecule has 20 heavy (non-hydrogen) atoms. The van der Waals surface area contributed by atoms with E-state index < -0.39 is 17.6 Å². The van der Waals surface area contributed by atoms with Crippen molar-refractivity contribution in [1.82, 2.24) is 0 Å². The molecule has 2 nitrogen and oxygen atoms in total. The number of aryl methyl sites for hydroxylation is 1. The molecule has 0 heterocycles. The zero-order valence-corrected chi connectivity index (χ0v) is 12.6. The van der Waals surface area contributed by atoms with E-state index in [9.17, 15) is 13.6 Å². The third-order valence-corrected chi connectivity index (χ3v) is 3.28. The Labute approximate surface area is 127 Å². The maximum Gasteiger partial charge on any atom is 0.346 e. The van der Waals surface area contributed by atoms with E-state index in [-0.39, 0.29) is 16.3 Å². The van der Waals surface area contributed by atoms with Crippen molar-refractivity contribution in [3.05, 3.63) is 62.6 Å². The molecule has 104 valence electrons. The molecule has 0 aromatic heterocycles. The monoisotopic (exact) mass is 360 g/mol. The van der Waals surface area contributed by atoms with Crippen molar-refractivity contribution in [1.29, 1.82) is 0 Å². The molecule has 0 N–H and O–H groups in total. The summed E-state index contributed by atoms with van der Waals surface area (Å²) in [7, 11) is 0. The van der Waals surface area contributed by atoms with E-state index in [0.717, 1.165) is 16.6 Å². The predicted molar refractivity (Wildman–Crippen MR) is 75.2 cm³/mol. The second kappa shape index (κ2) is 5.89. The van der Waals surface area contributed by atoms with E-state index >= 15 is 0 Å². The maximum atomic E-state index is 13.5. The van der Waals surface area contributed by atoms with Gasteiger partial charge in [0.25, 0.3) is 0 Å². The molecule has 6 heteroatoms. The van der Waals surface area contributed by atoms with E-state index in [1.807, 2.05) is 0 Å². The SMILES string of the molecule is Cc1cc(Br)cc(Cl)c1OC(=O)c1ccc(F)cc1F. The molecule has 0 radical (unpaired) electrons. The fraction of sp³-hybridized carbons (Fsp3) is 0.0714. The molecule has 0 saturated carbocycles. The van der Waals surface area contributed by atoms with Crippen LogP contribution < -0.4 is 4.74 Å². The smallest absolute Gasteiger partial charge is 0.346 e. The summed E-state index contributed by atoms with van der Waals surface area (Å²) in [6, 6.07) is 5.88. The maximum absolute atomic E-state index is 13.5. The molecular weight excluding hydrogens is 354 g/mol. The molecule has 0 amide bonds. The average molecular weight is 362 g/mol. The fourth-order valence-corrected chi connectivity index (χ4v) is 2.63. The molecule has 0 fully saturated rings. The zero-order valence-electron chi connectivity index (χ0n) is 10.2. The number of carbonyl (C=O) groups excluding carboxylic acids is 1. The largest absolute Gasteiger partial charge is 0.421 e. The summed E-state index contributed by atoms with van der Waals surface area (Å²) < 4.78 is 32.1. The number of rotatable bonds is 2. The van der Waals surface area contributed by atoms with Gasteiger partial charge in [-0.15, -0.1) is 0 Å². The van der Waals surface area contributed by atoms with Gasteiger partial charge in [0.15, 0.2) is 5.75 Å². The van der Waals surface area contributed by atoms with Crippen molar-refractivity contribution in [3.63, 3.8) is 0 Å². The summed E-state index contributed by atoms with van der Waals surface area (Å²) in [5.41, 5.74) is 0.255. The Morgan fingerprint density at radius 1 is 1.25 bits per heavy atom. The standard InChI is InChI=1S/C14H8BrClF2O2/c1-7-4-8(15)5-11(16)13(7)20-14(19)10-3-2-9(17)6-12(10)18/h2-6H,1H3. The molecule has 0 atom stereocenters. The third kappa shape index (κ3) is 3.16. The predicted octanol–water partition coefficient (Wildman–Crippen LogP) is 4.91. The van der Waals surface area contributed by atoms with Gasteiger partial charge in [0.05, 0.1) is 10.6 Å². The summed E-state index contributed by atoms with van der Waals surface area (Å²) in [5, 5.41) is 0.216. The molecular formula is C14H8BrClF2O2. The van der Waals surface area contributed by atoms with Crippen LogP contribution in [0.1, 0.15) is 15.9 Å². The topological polar surface area (TPSA) is 26.3 Å². The Kier molecular flexibility index (Phi) is 4.40. The minimum absolute atomic E-state index is 0.142. The molecule has 2 rings (SSSR count). The van der Waals surface area contributed by atoms with E-state index in [1.54, 1.807) is 19.1 Å². The Bertz CT molecular complexity index is 666. The lowest BCUT2D eigenvalue weighted by Crippen LogP contribution is -2.12. The van der Waals surface area contributed by atoms with Crippen LogP contribution in [0.2, 0.25) is 5.02 Å². The highest BCUT2D eigenvalue weighted by atomic mass is 79.9. The molecule has 0 aliphatic heterocycles. The summed E-state index contributed by atoms with van der Waals surface area (Å²) in [6.45, 7) is 1.69. The minimum atomic E-state index is -0.985. The number of ether oxygens (including phenoxy) is 1. The number of halogens is 4. The van der Waals surface area contributed by atoms with Gasteiger partial charge in [0, 0.05) is 10.5 Å². The summed E-state index contributed by atoms with van der Waals surface area (Å²) in [5.74, 6) is -2.55. The van der Waals surface area contributed by atoms with Gasteiger partial charge in [-0.2, -0.15) is 0 Å². The number of hydrogen-bond acceptors (Lipinski definition) is 2. The van der Waals surface area contributed by atoms with E-state index in [4.69, 9.17) is 16.3 Å². The average Bonchev–Trinajstić information content (AvgIpc) is 2.33. The highest BCUT2D eigenvalue weighted by Crippen LogP contribution is 2.32. The molecule has 0 aliphatic carbocycles. The quantitative estimate of drug-likeness (QED) is 0.561. The molecule has 2 aromatic rings. The van der Waals surface area contributed by atoms with Gasteiger partial charge in [-0.05, 0) is 36.8 Å².